The van der Waals surface area contributed by atoms with Gasteiger partial charge in [0, 0.05) is 11.6 Å². The third-order valence-corrected chi connectivity index (χ3v) is 4.09. The maximum absolute atomic E-state index is 12.8. The Hall–Kier alpha value is -3.35. The van der Waals surface area contributed by atoms with Gasteiger partial charge in [-0.2, -0.15) is 9.78 Å². The van der Waals surface area contributed by atoms with Crippen molar-refractivity contribution in [2.24, 2.45) is 5.10 Å². The Morgan fingerprint density at radius 1 is 1.15 bits per heavy atom. The van der Waals surface area contributed by atoms with Crippen LogP contribution in [-0.4, -0.2) is 35.2 Å². The van der Waals surface area contributed by atoms with Crippen LogP contribution in [0.1, 0.15) is 17.0 Å². The van der Waals surface area contributed by atoms with Crippen molar-refractivity contribution in [3.63, 3.8) is 0 Å². The minimum absolute atomic E-state index is 0.127. The molecule has 0 radical (unpaired) electrons. The van der Waals surface area contributed by atoms with Crippen molar-refractivity contribution >= 4 is 17.1 Å². The van der Waals surface area contributed by atoms with Gasteiger partial charge >= 0.3 is 0 Å². The fourth-order valence-corrected chi connectivity index (χ4v) is 2.66. The molecule has 0 saturated heterocycles. The topological polar surface area (TPSA) is 85.9 Å². The summed E-state index contributed by atoms with van der Waals surface area (Å²) in [5.74, 6) is 1.48. The Kier molecular flexibility index (Phi) is 4.62. The largest absolute Gasteiger partial charge is 0.507 e. The molecular formula is C19H19N3O4. The first-order valence-electron chi connectivity index (χ1n) is 7.94. The smallest absolute Gasteiger partial charge is 0.282 e. The van der Waals surface area contributed by atoms with E-state index in [1.54, 1.807) is 38.1 Å². The summed E-state index contributed by atoms with van der Waals surface area (Å²) in [4.78, 5) is 17.3. The lowest BCUT2D eigenvalue weighted by Gasteiger charge is -2.10. The molecule has 0 saturated carbocycles. The number of aromatic nitrogens is 2. The van der Waals surface area contributed by atoms with Crippen LogP contribution >= 0.6 is 0 Å². The molecule has 3 aromatic rings. The number of rotatable bonds is 4. The van der Waals surface area contributed by atoms with Gasteiger partial charge in [-0.1, -0.05) is 12.1 Å². The molecule has 2 aromatic carbocycles. The summed E-state index contributed by atoms with van der Waals surface area (Å²) in [6.07, 6.45) is 1.44. The zero-order valence-corrected chi connectivity index (χ0v) is 15.0. The summed E-state index contributed by atoms with van der Waals surface area (Å²) in [5.41, 5.74) is 1.40. The Morgan fingerprint density at radius 3 is 2.54 bits per heavy atom. The van der Waals surface area contributed by atoms with Crippen molar-refractivity contribution in [2.45, 2.75) is 13.8 Å². The number of para-hydroxylation sites is 1. The van der Waals surface area contributed by atoms with Crippen LogP contribution in [-0.2, 0) is 0 Å². The third-order valence-electron chi connectivity index (χ3n) is 4.09. The fourth-order valence-electron chi connectivity index (χ4n) is 2.66. The van der Waals surface area contributed by atoms with E-state index in [1.165, 1.54) is 25.1 Å². The van der Waals surface area contributed by atoms with E-state index in [0.717, 1.165) is 5.56 Å². The number of nitrogens with zero attached hydrogens (tertiary/aromatic N) is 3. The predicted octanol–water partition coefficient (Wildman–Crippen LogP) is 2.62. The van der Waals surface area contributed by atoms with Gasteiger partial charge in [0.25, 0.3) is 5.56 Å². The third kappa shape index (κ3) is 2.99. The van der Waals surface area contributed by atoms with E-state index in [1.807, 2.05) is 6.07 Å². The van der Waals surface area contributed by atoms with Gasteiger partial charge in [-0.05, 0) is 31.5 Å². The van der Waals surface area contributed by atoms with Crippen molar-refractivity contribution in [3.8, 4) is 17.2 Å². The SMILES string of the molecule is COc1cc2nc(C)n(N=Cc3cccc(C)c3O)c(=O)c2cc1OC. The molecule has 7 heteroatoms. The Morgan fingerprint density at radius 2 is 1.85 bits per heavy atom. The molecule has 134 valence electrons. The molecule has 0 fully saturated rings. The molecule has 1 aromatic heterocycles. The maximum atomic E-state index is 12.8. The highest BCUT2D eigenvalue weighted by molar-refractivity contribution is 5.84. The van der Waals surface area contributed by atoms with Crippen LogP contribution < -0.4 is 15.0 Å². The van der Waals surface area contributed by atoms with Crippen LogP contribution in [0, 0.1) is 13.8 Å². The zero-order valence-electron chi connectivity index (χ0n) is 15.0. The monoisotopic (exact) mass is 353 g/mol. The van der Waals surface area contributed by atoms with Gasteiger partial charge in [-0.25, -0.2) is 4.98 Å². The molecule has 0 aliphatic carbocycles. The second-order valence-electron chi connectivity index (χ2n) is 5.76. The molecule has 0 unspecified atom stereocenters. The molecule has 1 N–H and O–H groups in total. The number of ether oxygens (including phenoxy) is 2. The summed E-state index contributed by atoms with van der Waals surface area (Å²) in [5, 5.41) is 14.7. The minimum Gasteiger partial charge on any atom is -0.507 e. The van der Waals surface area contributed by atoms with Crippen LogP contribution in [0.5, 0.6) is 17.2 Å². The Balaban J connectivity index is 2.16. The molecule has 1 heterocycles. The summed E-state index contributed by atoms with van der Waals surface area (Å²) < 4.78 is 11.7. The normalized spacial score (nSPS) is 11.2. The number of phenols is 1. The highest BCUT2D eigenvalue weighted by Crippen LogP contribution is 2.30. The number of hydrogen-bond donors (Lipinski definition) is 1. The van der Waals surface area contributed by atoms with Gasteiger partial charge in [-0.3, -0.25) is 4.79 Å². The minimum atomic E-state index is -0.336. The molecule has 0 aliphatic rings. The first-order chi connectivity index (χ1) is 12.5. The van der Waals surface area contributed by atoms with E-state index < -0.39 is 0 Å². The van der Waals surface area contributed by atoms with Gasteiger partial charge in [0.05, 0.1) is 31.3 Å². The van der Waals surface area contributed by atoms with Gasteiger partial charge in [0.2, 0.25) is 0 Å². The molecule has 0 bridgehead atoms. The van der Waals surface area contributed by atoms with E-state index in [-0.39, 0.29) is 11.3 Å². The first-order valence-corrected chi connectivity index (χ1v) is 7.94. The molecule has 26 heavy (non-hydrogen) atoms. The van der Waals surface area contributed by atoms with Gasteiger partial charge in [0.15, 0.2) is 11.5 Å². The van der Waals surface area contributed by atoms with Crippen LogP contribution in [0.25, 0.3) is 10.9 Å². The van der Waals surface area contributed by atoms with E-state index in [2.05, 4.69) is 10.1 Å². The van der Waals surface area contributed by atoms with Crippen LogP contribution in [0.15, 0.2) is 40.2 Å². The van der Waals surface area contributed by atoms with Crippen molar-refractivity contribution in [1.82, 2.24) is 9.66 Å². The summed E-state index contributed by atoms with van der Waals surface area (Å²) in [7, 11) is 3.03. The number of phenolic OH excluding ortho intramolecular Hbond substituents is 1. The molecule has 0 amide bonds. The number of fused-ring (bicyclic) bond motifs is 1. The molecule has 3 rings (SSSR count). The average Bonchev–Trinajstić information content (AvgIpc) is 2.63. The number of aromatic hydroxyl groups is 1. The van der Waals surface area contributed by atoms with Gasteiger partial charge < -0.3 is 14.6 Å². The van der Waals surface area contributed by atoms with Gasteiger partial charge in [-0.15, -0.1) is 0 Å². The maximum Gasteiger partial charge on any atom is 0.282 e. The van der Waals surface area contributed by atoms with E-state index in [9.17, 15) is 9.90 Å². The fraction of sp³-hybridized carbons (Fsp3) is 0.211. The van der Waals surface area contributed by atoms with Crippen molar-refractivity contribution in [1.29, 1.82) is 0 Å². The molecule has 7 nitrogen and oxygen atoms in total. The lowest BCUT2D eigenvalue weighted by Crippen LogP contribution is -2.20. The summed E-state index contributed by atoms with van der Waals surface area (Å²) in [6.45, 7) is 3.48. The second-order valence-corrected chi connectivity index (χ2v) is 5.76. The van der Waals surface area contributed by atoms with Crippen molar-refractivity contribution in [2.75, 3.05) is 14.2 Å². The second kappa shape index (κ2) is 6.87. The molecule has 0 aliphatic heterocycles. The highest BCUT2D eigenvalue weighted by atomic mass is 16.5. The predicted molar refractivity (Wildman–Crippen MR) is 99.7 cm³/mol. The van der Waals surface area contributed by atoms with Gasteiger partial charge in [0.1, 0.15) is 11.6 Å². The Labute approximate surface area is 150 Å². The molecule has 0 spiro atoms. The van der Waals surface area contributed by atoms with Crippen molar-refractivity contribution < 1.29 is 14.6 Å². The lowest BCUT2D eigenvalue weighted by molar-refractivity contribution is 0.355. The summed E-state index contributed by atoms with van der Waals surface area (Å²) >= 11 is 0. The number of hydrogen-bond acceptors (Lipinski definition) is 6. The zero-order chi connectivity index (χ0) is 18.8. The first kappa shape index (κ1) is 17.5. The molecular weight excluding hydrogens is 334 g/mol. The average molecular weight is 353 g/mol. The molecule has 0 atom stereocenters. The van der Waals surface area contributed by atoms with E-state index in [0.29, 0.717) is 33.8 Å². The van der Waals surface area contributed by atoms with E-state index >= 15 is 0 Å². The van der Waals surface area contributed by atoms with Crippen LogP contribution in [0.4, 0.5) is 0 Å². The van der Waals surface area contributed by atoms with Crippen molar-refractivity contribution in [3.05, 3.63) is 57.6 Å². The lowest BCUT2D eigenvalue weighted by atomic mass is 10.1. The number of benzene rings is 2. The number of methoxy groups -OCH3 is 2. The highest BCUT2D eigenvalue weighted by Gasteiger charge is 2.13. The van der Waals surface area contributed by atoms with Crippen LogP contribution in [0.2, 0.25) is 0 Å². The Bertz CT molecular complexity index is 1070. The quantitative estimate of drug-likeness (QED) is 0.729. The summed E-state index contributed by atoms with van der Waals surface area (Å²) in [6, 6.07) is 8.56. The number of aryl methyl sites for hydroxylation is 2. The van der Waals surface area contributed by atoms with E-state index in [4.69, 9.17) is 9.47 Å². The van der Waals surface area contributed by atoms with Crippen LogP contribution in [0.3, 0.4) is 0 Å². The standard InChI is InChI=1S/C19H19N3O4/c1-11-6-5-7-13(18(11)23)10-20-22-12(2)21-15-9-17(26-4)16(25-3)8-14(15)19(22)24/h5-10,23H,1-4H3.